The maximum absolute atomic E-state index is 10.9. The second kappa shape index (κ2) is 6.20. The smallest absolute Gasteiger partial charge is 0.394 e. The minimum atomic E-state index is -5.05. The first-order valence-electron chi connectivity index (χ1n) is 3.99. The third-order valence-corrected chi connectivity index (χ3v) is 2.04. The zero-order valence-electron chi connectivity index (χ0n) is 7.92. The molecule has 0 aromatic carbocycles. The monoisotopic (exact) mass is 260 g/mol. The number of aliphatic hydroxyl groups excluding tert-OH is 4. The fourth-order valence-corrected chi connectivity index (χ4v) is 1.31. The predicted molar refractivity (Wildman–Crippen MR) is 47.6 cm³/mol. The van der Waals surface area contributed by atoms with E-state index in [1.807, 2.05) is 0 Å². The highest BCUT2D eigenvalue weighted by atomic mass is 32.3. The summed E-state index contributed by atoms with van der Waals surface area (Å²) in [5.41, 5.74) is 0. The van der Waals surface area contributed by atoms with Crippen molar-refractivity contribution in [2.75, 3.05) is 13.2 Å². The topological polar surface area (TPSA) is 162 Å². The molecule has 0 aliphatic heterocycles. The van der Waals surface area contributed by atoms with E-state index < -0.39 is 47.7 Å². The number of rotatable bonds is 7. The van der Waals surface area contributed by atoms with Gasteiger partial charge in [-0.2, -0.15) is 8.42 Å². The normalized spacial score (nSPS) is 17.8. The molecule has 0 aromatic rings. The van der Waals surface area contributed by atoms with Gasteiger partial charge in [0.25, 0.3) is 0 Å². The minimum Gasteiger partial charge on any atom is -0.394 e. The molecule has 0 saturated carbocycles. The van der Waals surface area contributed by atoms with Gasteiger partial charge in [0.1, 0.15) is 18.8 Å². The summed E-state index contributed by atoms with van der Waals surface area (Å²) >= 11 is 0. The predicted octanol–water partition coefficient (Wildman–Crippen LogP) is -3.55. The van der Waals surface area contributed by atoms with Crippen LogP contribution in [0.3, 0.4) is 0 Å². The van der Waals surface area contributed by atoms with Gasteiger partial charge in [-0.1, -0.05) is 0 Å². The van der Waals surface area contributed by atoms with Crippen molar-refractivity contribution in [3.05, 3.63) is 0 Å². The second-order valence-electron chi connectivity index (χ2n) is 2.81. The van der Waals surface area contributed by atoms with Crippen LogP contribution < -0.4 is 0 Å². The largest absolute Gasteiger partial charge is 0.398 e. The molecule has 0 saturated heterocycles. The molecule has 0 aliphatic rings. The Morgan fingerprint density at radius 3 is 2.06 bits per heavy atom. The van der Waals surface area contributed by atoms with Crippen molar-refractivity contribution in [2.24, 2.45) is 0 Å². The summed E-state index contributed by atoms with van der Waals surface area (Å²) in [6, 6.07) is 0. The van der Waals surface area contributed by atoms with Crippen LogP contribution in [0.2, 0.25) is 0 Å². The Labute approximate surface area is 90.9 Å². The molecule has 0 aromatic heterocycles. The van der Waals surface area contributed by atoms with Crippen molar-refractivity contribution < 1.29 is 42.4 Å². The van der Waals surface area contributed by atoms with Crippen molar-refractivity contribution in [3.8, 4) is 0 Å². The summed E-state index contributed by atoms with van der Waals surface area (Å²) in [5.74, 6) is -1.28. The van der Waals surface area contributed by atoms with Gasteiger partial charge in [0.15, 0.2) is 11.9 Å². The minimum absolute atomic E-state index is 0.967. The number of carbonyl (C=O) groups excluding carboxylic acids is 1. The van der Waals surface area contributed by atoms with Gasteiger partial charge in [-0.15, -0.1) is 0 Å². The van der Waals surface area contributed by atoms with Crippen LogP contribution in [0, 0.1) is 0 Å². The first-order chi connectivity index (χ1) is 7.22. The van der Waals surface area contributed by atoms with Crippen LogP contribution in [0.1, 0.15) is 0 Å². The Kier molecular flexibility index (Phi) is 5.96. The van der Waals surface area contributed by atoms with Crippen molar-refractivity contribution in [1.82, 2.24) is 0 Å². The molecule has 0 spiro atoms. The second-order valence-corrected chi connectivity index (χ2v) is 3.86. The number of hydrogen-bond acceptors (Lipinski definition) is 8. The average molecular weight is 260 g/mol. The van der Waals surface area contributed by atoms with Gasteiger partial charge < -0.3 is 20.4 Å². The molecule has 10 heteroatoms. The Morgan fingerprint density at radius 2 is 1.75 bits per heavy atom. The lowest BCUT2D eigenvalue weighted by Crippen LogP contribution is -2.47. The zero-order chi connectivity index (χ0) is 12.9. The van der Waals surface area contributed by atoms with Crippen LogP contribution in [-0.4, -0.2) is 70.7 Å². The van der Waals surface area contributed by atoms with E-state index in [-0.39, 0.29) is 0 Å². The molecule has 0 fully saturated rings. The van der Waals surface area contributed by atoms with E-state index in [0.717, 1.165) is 0 Å². The molecule has 0 aliphatic carbocycles. The van der Waals surface area contributed by atoms with Crippen molar-refractivity contribution in [3.63, 3.8) is 0 Å². The summed E-state index contributed by atoms with van der Waals surface area (Å²) in [6.07, 6.45) is -6.16. The summed E-state index contributed by atoms with van der Waals surface area (Å²) in [7, 11) is -5.05. The van der Waals surface area contributed by atoms with E-state index in [1.54, 1.807) is 0 Å². The first kappa shape index (κ1) is 15.4. The van der Waals surface area contributed by atoms with Crippen LogP contribution in [0.25, 0.3) is 0 Å². The Hall–Kier alpha value is -0.620. The summed E-state index contributed by atoms with van der Waals surface area (Å²) in [6.45, 7) is -2.14. The number of aliphatic hydroxyl groups is 4. The molecule has 0 unspecified atom stereocenters. The lowest BCUT2D eigenvalue weighted by Gasteiger charge is -2.22. The SMILES string of the molecule is O=C(CO)[C@@H](OS(=O)(=O)O)[C@H](O)[C@H](O)CO. The third-order valence-electron chi connectivity index (χ3n) is 1.59. The van der Waals surface area contributed by atoms with Crippen LogP contribution in [-0.2, 0) is 19.4 Å². The molecular formula is C6H12O9S. The van der Waals surface area contributed by atoms with E-state index >= 15 is 0 Å². The standard InChI is InChI=1S/C6H12O9S/c7-1-3(9)5(11)6(4(10)2-8)15-16(12,13)14/h3,5-9,11H,1-2H2,(H,12,13,14)/t3-,5-,6-/m1/s1. The summed E-state index contributed by atoms with van der Waals surface area (Å²) in [4.78, 5) is 10.9. The van der Waals surface area contributed by atoms with Crippen LogP contribution >= 0.6 is 0 Å². The Morgan fingerprint density at radius 1 is 1.25 bits per heavy atom. The third kappa shape index (κ3) is 4.94. The molecule has 3 atom stereocenters. The van der Waals surface area contributed by atoms with Gasteiger partial charge in [-0.05, 0) is 0 Å². The lowest BCUT2D eigenvalue weighted by atomic mass is 10.1. The number of Topliss-reactive ketones (excluding diaryl/α,β-unsaturated/α-hetero) is 1. The van der Waals surface area contributed by atoms with E-state index in [4.69, 9.17) is 19.9 Å². The van der Waals surface area contributed by atoms with Crippen molar-refractivity contribution in [1.29, 1.82) is 0 Å². The maximum atomic E-state index is 10.9. The molecule has 9 nitrogen and oxygen atoms in total. The van der Waals surface area contributed by atoms with Crippen LogP contribution in [0.15, 0.2) is 0 Å². The van der Waals surface area contributed by atoms with Gasteiger partial charge in [-0.25, -0.2) is 4.18 Å². The molecule has 5 N–H and O–H groups in total. The molecule has 16 heavy (non-hydrogen) atoms. The van der Waals surface area contributed by atoms with E-state index in [9.17, 15) is 18.3 Å². The van der Waals surface area contributed by atoms with Crippen molar-refractivity contribution >= 4 is 16.2 Å². The van der Waals surface area contributed by atoms with E-state index in [2.05, 4.69) is 4.18 Å². The molecule has 0 heterocycles. The molecule has 0 radical (unpaired) electrons. The molecule has 96 valence electrons. The Bertz CT molecular complexity index is 323. The summed E-state index contributed by atoms with van der Waals surface area (Å²) in [5, 5.41) is 35.0. The van der Waals surface area contributed by atoms with Crippen LogP contribution in [0.5, 0.6) is 0 Å². The van der Waals surface area contributed by atoms with Crippen molar-refractivity contribution in [2.45, 2.75) is 18.3 Å². The lowest BCUT2D eigenvalue weighted by molar-refractivity contribution is -0.140. The fourth-order valence-electron chi connectivity index (χ4n) is 0.832. The van der Waals surface area contributed by atoms with Crippen LogP contribution in [0.4, 0.5) is 0 Å². The van der Waals surface area contributed by atoms with Gasteiger partial charge in [-0.3, -0.25) is 9.35 Å². The first-order valence-corrected chi connectivity index (χ1v) is 5.35. The number of carbonyl (C=O) groups is 1. The molecule has 0 rings (SSSR count). The zero-order valence-corrected chi connectivity index (χ0v) is 8.74. The van der Waals surface area contributed by atoms with E-state index in [1.165, 1.54) is 0 Å². The number of ketones is 1. The maximum Gasteiger partial charge on any atom is 0.398 e. The number of hydrogen-bond donors (Lipinski definition) is 5. The Balaban J connectivity index is 4.87. The average Bonchev–Trinajstić information content (AvgIpc) is 2.21. The molecular weight excluding hydrogens is 248 g/mol. The quantitative estimate of drug-likeness (QED) is 0.292. The van der Waals surface area contributed by atoms with Gasteiger partial charge in [0.2, 0.25) is 0 Å². The van der Waals surface area contributed by atoms with Gasteiger partial charge in [0.05, 0.1) is 6.61 Å². The van der Waals surface area contributed by atoms with E-state index in [0.29, 0.717) is 0 Å². The molecule has 0 bridgehead atoms. The van der Waals surface area contributed by atoms with Gasteiger partial charge >= 0.3 is 10.4 Å². The highest BCUT2D eigenvalue weighted by molar-refractivity contribution is 7.80. The highest BCUT2D eigenvalue weighted by Crippen LogP contribution is 2.09. The fraction of sp³-hybridized carbons (Fsp3) is 0.833. The van der Waals surface area contributed by atoms with Gasteiger partial charge in [0, 0.05) is 0 Å². The molecule has 0 amide bonds. The summed E-state index contributed by atoms with van der Waals surface area (Å²) < 4.78 is 32.7. The highest BCUT2D eigenvalue weighted by Gasteiger charge is 2.35.